The number of hydrogen-bond donors (Lipinski definition) is 1. The van der Waals surface area contributed by atoms with Gasteiger partial charge in [0.1, 0.15) is 0 Å². The summed E-state index contributed by atoms with van der Waals surface area (Å²) in [6.45, 7) is 7.42. The predicted octanol–water partition coefficient (Wildman–Crippen LogP) is 1.88. The van der Waals surface area contributed by atoms with Crippen molar-refractivity contribution in [3.63, 3.8) is 0 Å². The molecule has 1 N–H and O–H groups in total. The number of piperazine rings is 1. The molecular weight excluding hydrogens is 406 g/mol. The van der Waals surface area contributed by atoms with Crippen LogP contribution in [-0.4, -0.2) is 68.6 Å². The van der Waals surface area contributed by atoms with Gasteiger partial charge >= 0.3 is 6.03 Å². The van der Waals surface area contributed by atoms with Crippen LogP contribution in [-0.2, 0) is 17.9 Å². The van der Waals surface area contributed by atoms with E-state index in [1.807, 2.05) is 24.7 Å². The number of aromatic nitrogens is 3. The van der Waals surface area contributed by atoms with Gasteiger partial charge in [0, 0.05) is 70.3 Å². The summed E-state index contributed by atoms with van der Waals surface area (Å²) in [6, 6.07) is 8.35. The lowest BCUT2D eigenvalue weighted by Crippen LogP contribution is -2.50. The van der Waals surface area contributed by atoms with Gasteiger partial charge in [0.05, 0.1) is 17.4 Å². The number of hydrogen-bond acceptors (Lipinski definition) is 6. The number of carbonyl (C=O) groups is 2. The second-order valence-corrected chi connectivity index (χ2v) is 8.57. The van der Waals surface area contributed by atoms with Crippen molar-refractivity contribution in [3.8, 4) is 0 Å². The van der Waals surface area contributed by atoms with Crippen LogP contribution in [0.1, 0.15) is 24.5 Å². The monoisotopic (exact) mass is 433 g/mol. The van der Waals surface area contributed by atoms with E-state index in [1.165, 1.54) is 11.1 Å². The second kappa shape index (κ2) is 8.68. The largest absolute Gasteiger partial charge is 0.328 e. The highest BCUT2D eigenvalue weighted by molar-refractivity contribution is 6.07. The van der Waals surface area contributed by atoms with Crippen molar-refractivity contribution in [2.75, 3.05) is 31.1 Å². The molecule has 9 heteroatoms. The third kappa shape index (κ3) is 4.21. The lowest BCUT2D eigenvalue weighted by molar-refractivity contribution is -0.120. The molecule has 3 aromatic rings. The van der Waals surface area contributed by atoms with Crippen LogP contribution in [0.4, 0.5) is 10.5 Å². The first-order valence-electron chi connectivity index (χ1n) is 11.0. The molecule has 0 radical (unpaired) electrons. The molecule has 5 heterocycles. The zero-order valence-corrected chi connectivity index (χ0v) is 18.1. The Hall–Kier alpha value is -3.30. The molecule has 2 fully saturated rings. The smallest absolute Gasteiger partial charge is 0.296 e. The average Bonchev–Trinajstić information content (AvgIpc) is 3.19. The number of fused-ring (bicyclic) bond motifs is 1. The molecule has 2 aliphatic heterocycles. The summed E-state index contributed by atoms with van der Waals surface area (Å²) in [5.74, 6) is -0.236. The zero-order chi connectivity index (χ0) is 22.1. The predicted molar refractivity (Wildman–Crippen MR) is 120 cm³/mol. The van der Waals surface area contributed by atoms with Gasteiger partial charge < -0.3 is 0 Å². The highest BCUT2D eigenvalue weighted by Crippen LogP contribution is 2.25. The van der Waals surface area contributed by atoms with Crippen LogP contribution in [0.15, 0.2) is 49.1 Å². The van der Waals surface area contributed by atoms with Gasteiger partial charge in [-0.2, -0.15) is 5.10 Å². The van der Waals surface area contributed by atoms with Gasteiger partial charge in [-0.05, 0) is 36.2 Å². The Balaban J connectivity index is 1.27. The first-order chi connectivity index (χ1) is 15.6. The minimum absolute atomic E-state index is 0.236. The Bertz CT molecular complexity index is 1130. The van der Waals surface area contributed by atoms with E-state index in [-0.39, 0.29) is 11.9 Å². The molecule has 0 aliphatic carbocycles. The van der Waals surface area contributed by atoms with Crippen molar-refractivity contribution in [1.29, 1.82) is 0 Å². The highest BCUT2D eigenvalue weighted by atomic mass is 16.2. The van der Waals surface area contributed by atoms with Crippen LogP contribution in [0.25, 0.3) is 5.52 Å². The van der Waals surface area contributed by atoms with Crippen molar-refractivity contribution in [2.45, 2.75) is 32.5 Å². The standard InChI is InChI=1S/C23H27N7O2/c1-17-14-27(9-10-28(17)16-19-3-2-6-24-12-19)15-18-4-8-30-20(11-18)21(13-25-30)29-7-5-22(31)26-23(29)32/h2-4,6,8,11-13,17H,5,7,9-10,14-16H2,1H3,(H,26,31,32)/t17-/m1/s1. The number of nitrogens with zero attached hydrogens (tertiary/aromatic N) is 6. The number of pyridine rings is 2. The van der Waals surface area contributed by atoms with Crippen LogP contribution in [0.2, 0.25) is 0 Å². The summed E-state index contributed by atoms with van der Waals surface area (Å²) in [6.07, 6.45) is 7.67. The van der Waals surface area contributed by atoms with E-state index in [0.717, 1.165) is 43.9 Å². The minimum Gasteiger partial charge on any atom is -0.296 e. The van der Waals surface area contributed by atoms with Crippen LogP contribution in [0.3, 0.4) is 0 Å². The van der Waals surface area contributed by atoms with Crippen LogP contribution >= 0.6 is 0 Å². The fraction of sp³-hybridized carbons (Fsp3) is 0.391. The summed E-state index contributed by atoms with van der Waals surface area (Å²) in [7, 11) is 0. The third-order valence-corrected chi connectivity index (χ3v) is 6.27. The molecule has 2 saturated heterocycles. The van der Waals surface area contributed by atoms with Crippen molar-refractivity contribution in [2.24, 2.45) is 0 Å². The molecule has 2 aliphatic rings. The molecule has 1 atom stereocenters. The number of carbonyl (C=O) groups excluding carboxylic acids is 2. The van der Waals surface area contributed by atoms with Crippen molar-refractivity contribution in [1.82, 2.24) is 29.7 Å². The quantitative estimate of drug-likeness (QED) is 0.661. The van der Waals surface area contributed by atoms with Crippen LogP contribution in [0.5, 0.6) is 0 Å². The molecule has 0 bridgehead atoms. The van der Waals surface area contributed by atoms with E-state index in [0.29, 0.717) is 19.0 Å². The van der Waals surface area contributed by atoms with Crippen molar-refractivity contribution < 1.29 is 9.59 Å². The Morgan fingerprint density at radius 3 is 2.78 bits per heavy atom. The van der Waals surface area contributed by atoms with Crippen LogP contribution in [0, 0.1) is 0 Å². The molecule has 3 aromatic heterocycles. The lowest BCUT2D eigenvalue weighted by Gasteiger charge is -2.40. The van der Waals surface area contributed by atoms with Crippen molar-refractivity contribution in [3.05, 3.63) is 60.2 Å². The Morgan fingerprint density at radius 1 is 1.09 bits per heavy atom. The van der Waals surface area contributed by atoms with E-state index < -0.39 is 0 Å². The minimum atomic E-state index is -0.389. The van der Waals surface area contributed by atoms with E-state index in [1.54, 1.807) is 15.6 Å². The molecule has 3 amide bonds. The fourth-order valence-corrected chi connectivity index (χ4v) is 4.55. The number of amides is 3. The number of anilines is 1. The van der Waals surface area contributed by atoms with Gasteiger partial charge in [-0.1, -0.05) is 6.07 Å². The van der Waals surface area contributed by atoms with Crippen LogP contribution < -0.4 is 10.2 Å². The summed E-state index contributed by atoms with van der Waals surface area (Å²) in [5, 5.41) is 6.76. The maximum Gasteiger partial charge on any atom is 0.328 e. The lowest BCUT2D eigenvalue weighted by atomic mass is 10.1. The SMILES string of the molecule is C[C@@H]1CN(Cc2ccn3ncc(N4CCC(=O)NC4=O)c3c2)CCN1Cc1cccnc1. The van der Waals surface area contributed by atoms with E-state index in [9.17, 15) is 9.59 Å². The molecule has 0 aromatic carbocycles. The summed E-state index contributed by atoms with van der Waals surface area (Å²) >= 11 is 0. The highest BCUT2D eigenvalue weighted by Gasteiger charge is 2.27. The Labute approximate surface area is 186 Å². The summed E-state index contributed by atoms with van der Waals surface area (Å²) < 4.78 is 1.77. The molecule has 0 spiro atoms. The molecule has 5 rings (SSSR count). The zero-order valence-electron chi connectivity index (χ0n) is 18.1. The van der Waals surface area contributed by atoms with Crippen molar-refractivity contribution >= 4 is 23.1 Å². The Kier molecular flexibility index (Phi) is 5.59. The van der Waals surface area contributed by atoms with Gasteiger partial charge in [-0.25, -0.2) is 9.31 Å². The molecule has 0 saturated carbocycles. The first kappa shape index (κ1) is 20.6. The number of nitrogens with one attached hydrogen (secondary N) is 1. The molecule has 0 unspecified atom stereocenters. The maximum atomic E-state index is 12.3. The molecule has 9 nitrogen and oxygen atoms in total. The normalized spacial score (nSPS) is 20.7. The number of urea groups is 1. The topological polar surface area (TPSA) is 86.1 Å². The molecule has 32 heavy (non-hydrogen) atoms. The average molecular weight is 434 g/mol. The fourth-order valence-electron chi connectivity index (χ4n) is 4.55. The van der Waals surface area contributed by atoms with Gasteiger partial charge in [0.2, 0.25) is 5.91 Å². The number of imide groups is 1. The van der Waals surface area contributed by atoms with E-state index in [2.05, 4.69) is 50.3 Å². The van der Waals surface area contributed by atoms with Gasteiger partial charge in [0.25, 0.3) is 0 Å². The molecular formula is C23H27N7O2. The first-order valence-corrected chi connectivity index (χ1v) is 11.0. The summed E-state index contributed by atoms with van der Waals surface area (Å²) in [4.78, 5) is 34.6. The number of rotatable bonds is 5. The molecule has 166 valence electrons. The third-order valence-electron chi connectivity index (χ3n) is 6.27. The Morgan fingerprint density at radius 2 is 2.00 bits per heavy atom. The van der Waals surface area contributed by atoms with Gasteiger partial charge in [0.15, 0.2) is 0 Å². The van der Waals surface area contributed by atoms with Gasteiger partial charge in [-0.15, -0.1) is 0 Å². The maximum absolute atomic E-state index is 12.3. The van der Waals surface area contributed by atoms with E-state index >= 15 is 0 Å². The second-order valence-electron chi connectivity index (χ2n) is 8.57. The summed E-state index contributed by atoms with van der Waals surface area (Å²) in [5.41, 5.74) is 4.03. The van der Waals surface area contributed by atoms with E-state index in [4.69, 9.17) is 0 Å². The van der Waals surface area contributed by atoms with Gasteiger partial charge in [-0.3, -0.25) is 29.8 Å².